The van der Waals surface area contributed by atoms with Crippen LogP contribution >= 0.6 is 0 Å². The first-order chi connectivity index (χ1) is 10.3. The van der Waals surface area contributed by atoms with Gasteiger partial charge in [-0.3, -0.25) is 4.79 Å². The summed E-state index contributed by atoms with van der Waals surface area (Å²) in [4.78, 5) is 12.3. The number of nitrogens with one attached hydrogen (secondary N) is 1. The quantitative estimate of drug-likeness (QED) is 0.920. The molecule has 1 heterocycles. The molecular weight excluding hydrogens is 300 g/mol. The van der Waals surface area contributed by atoms with E-state index in [-0.39, 0.29) is 17.9 Å². The summed E-state index contributed by atoms with van der Waals surface area (Å²) in [5.74, 6) is -0.0609. The highest BCUT2D eigenvalue weighted by molar-refractivity contribution is 7.89. The summed E-state index contributed by atoms with van der Waals surface area (Å²) in [6.45, 7) is 6.57. The van der Waals surface area contributed by atoms with E-state index in [1.165, 1.54) is 4.31 Å². The molecule has 1 aromatic rings. The average molecular weight is 324 g/mol. The topological polar surface area (TPSA) is 66.5 Å². The number of amides is 1. The van der Waals surface area contributed by atoms with Crippen LogP contribution in [0.3, 0.4) is 0 Å². The second-order valence-corrected chi connectivity index (χ2v) is 8.09. The first kappa shape index (κ1) is 17.0. The molecule has 0 spiro atoms. The van der Waals surface area contributed by atoms with Gasteiger partial charge in [-0.05, 0) is 45.7 Å². The molecule has 0 atom stereocenters. The summed E-state index contributed by atoms with van der Waals surface area (Å²) in [6, 6.07) is 7.00. The molecule has 0 aromatic heterocycles. The summed E-state index contributed by atoms with van der Waals surface area (Å²) < 4.78 is 26.6. The fourth-order valence-electron chi connectivity index (χ4n) is 2.62. The molecule has 1 N–H and O–H groups in total. The van der Waals surface area contributed by atoms with Gasteiger partial charge in [0.15, 0.2) is 0 Å². The van der Waals surface area contributed by atoms with Crippen LogP contribution in [-0.4, -0.2) is 37.8 Å². The first-order valence-electron chi connectivity index (χ1n) is 7.68. The van der Waals surface area contributed by atoms with Gasteiger partial charge in [0, 0.05) is 25.0 Å². The van der Waals surface area contributed by atoms with E-state index in [1.54, 1.807) is 24.3 Å². The van der Waals surface area contributed by atoms with Gasteiger partial charge >= 0.3 is 0 Å². The standard InChI is InChI=1S/C16H24N2O3S/c1-12(2)17-16(19)14-8-10-18(11-9-14)22(20,21)15-6-4-13(3)5-7-15/h4-7,12,14H,8-11H2,1-3H3,(H,17,19). The molecule has 0 bridgehead atoms. The Morgan fingerprint density at radius 1 is 1.18 bits per heavy atom. The molecule has 0 unspecified atom stereocenters. The van der Waals surface area contributed by atoms with E-state index in [0.29, 0.717) is 30.8 Å². The maximum absolute atomic E-state index is 12.6. The Kier molecular flexibility index (Phi) is 5.24. The largest absolute Gasteiger partial charge is 0.354 e. The summed E-state index contributed by atoms with van der Waals surface area (Å²) in [6.07, 6.45) is 1.15. The van der Waals surface area contributed by atoms with Crippen LogP contribution < -0.4 is 5.32 Å². The van der Waals surface area contributed by atoms with E-state index in [9.17, 15) is 13.2 Å². The van der Waals surface area contributed by atoms with E-state index in [4.69, 9.17) is 0 Å². The van der Waals surface area contributed by atoms with Gasteiger partial charge in [0.1, 0.15) is 0 Å². The molecule has 1 amide bonds. The van der Waals surface area contributed by atoms with Crippen molar-refractivity contribution in [1.82, 2.24) is 9.62 Å². The molecule has 0 radical (unpaired) electrons. The summed E-state index contributed by atoms with van der Waals surface area (Å²) >= 11 is 0. The van der Waals surface area contributed by atoms with Crippen molar-refractivity contribution in [3.05, 3.63) is 29.8 Å². The van der Waals surface area contributed by atoms with Crippen molar-refractivity contribution in [2.45, 2.75) is 44.6 Å². The Bertz CT molecular complexity index is 615. The lowest BCUT2D eigenvalue weighted by molar-refractivity contribution is -0.126. The maximum atomic E-state index is 12.6. The summed E-state index contributed by atoms with van der Waals surface area (Å²) in [5.41, 5.74) is 1.03. The van der Waals surface area contributed by atoms with Crippen molar-refractivity contribution >= 4 is 15.9 Å². The minimum atomic E-state index is -3.45. The van der Waals surface area contributed by atoms with E-state index in [0.717, 1.165) is 5.56 Å². The lowest BCUT2D eigenvalue weighted by atomic mass is 9.97. The third-order valence-electron chi connectivity index (χ3n) is 3.91. The minimum Gasteiger partial charge on any atom is -0.354 e. The molecule has 6 heteroatoms. The van der Waals surface area contributed by atoms with E-state index in [2.05, 4.69) is 5.32 Å². The molecular formula is C16H24N2O3S. The summed E-state index contributed by atoms with van der Waals surface area (Å²) in [5, 5.41) is 2.90. The first-order valence-corrected chi connectivity index (χ1v) is 9.12. The smallest absolute Gasteiger partial charge is 0.243 e. The number of benzene rings is 1. The van der Waals surface area contributed by atoms with E-state index in [1.807, 2.05) is 20.8 Å². The average Bonchev–Trinajstić information content (AvgIpc) is 2.47. The molecule has 2 rings (SSSR count). The molecule has 1 fully saturated rings. The lowest BCUT2D eigenvalue weighted by Gasteiger charge is -2.31. The number of aryl methyl sites for hydroxylation is 1. The second-order valence-electron chi connectivity index (χ2n) is 6.15. The Labute approximate surface area is 132 Å². The van der Waals surface area contributed by atoms with Gasteiger partial charge < -0.3 is 5.32 Å². The second kappa shape index (κ2) is 6.79. The number of carbonyl (C=O) groups excluding carboxylic acids is 1. The van der Waals surface area contributed by atoms with Crippen LogP contribution in [0.2, 0.25) is 0 Å². The number of sulfonamides is 1. The SMILES string of the molecule is Cc1ccc(S(=O)(=O)N2CCC(C(=O)NC(C)C)CC2)cc1. The van der Waals surface area contributed by atoms with Crippen molar-refractivity contribution in [3.63, 3.8) is 0 Å². The van der Waals surface area contributed by atoms with Gasteiger partial charge in [0.2, 0.25) is 15.9 Å². The van der Waals surface area contributed by atoms with Crippen LogP contribution in [0.1, 0.15) is 32.3 Å². The number of hydrogen-bond acceptors (Lipinski definition) is 3. The third-order valence-corrected chi connectivity index (χ3v) is 5.83. The molecule has 0 saturated carbocycles. The fraction of sp³-hybridized carbons (Fsp3) is 0.562. The lowest BCUT2D eigenvalue weighted by Crippen LogP contribution is -2.44. The van der Waals surface area contributed by atoms with Crippen LogP contribution in [0.4, 0.5) is 0 Å². The Hall–Kier alpha value is -1.40. The number of piperidine rings is 1. The van der Waals surface area contributed by atoms with Crippen LogP contribution in [-0.2, 0) is 14.8 Å². The van der Waals surface area contributed by atoms with Crippen molar-refractivity contribution in [2.24, 2.45) is 5.92 Å². The van der Waals surface area contributed by atoms with Gasteiger partial charge in [-0.25, -0.2) is 8.42 Å². The number of carbonyl (C=O) groups is 1. The van der Waals surface area contributed by atoms with E-state index < -0.39 is 10.0 Å². The van der Waals surface area contributed by atoms with Crippen LogP contribution in [0.5, 0.6) is 0 Å². The Morgan fingerprint density at radius 2 is 1.73 bits per heavy atom. The molecule has 1 aliphatic rings. The number of rotatable bonds is 4. The molecule has 1 aromatic carbocycles. The summed E-state index contributed by atoms with van der Waals surface area (Å²) in [7, 11) is -3.45. The minimum absolute atomic E-state index is 0.0300. The van der Waals surface area contributed by atoms with Gasteiger partial charge in [0.25, 0.3) is 0 Å². The van der Waals surface area contributed by atoms with Gasteiger partial charge in [0.05, 0.1) is 4.90 Å². The molecule has 0 aliphatic carbocycles. The Balaban J connectivity index is 2.01. The Morgan fingerprint density at radius 3 is 2.23 bits per heavy atom. The monoisotopic (exact) mass is 324 g/mol. The molecule has 5 nitrogen and oxygen atoms in total. The predicted molar refractivity (Wildman–Crippen MR) is 85.9 cm³/mol. The highest BCUT2D eigenvalue weighted by Gasteiger charge is 2.32. The van der Waals surface area contributed by atoms with Crippen LogP contribution in [0.15, 0.2) is 29.2 Å². The van der Waals surface area contributed by atoms with Crippen LogP contribution in [0.25, 0.3) is 0 Å². The zero-order valence-electron chi connectivity index (χ0n) is 13.4. The zero-order valence-corrected chi connectivity index (χ0v) is 14.2. The molecule has 1 saturated heterocycles. The molecule has 122 valence electrons. The molecule has 22 heavy (non-hydrogen) atoms. The van der Waals surface area contributed by atoms with Crippen molar-refractivity contribution in [1.29, 1.82) is 0 Å². The number of hydrogen-bond donors (Lipinski definition) is 1. The highest BCUT2D eigenvalue weighted by atomic mass is 32.2. The van der Waals surface area contributed by atoms with Gasteiger partial charge in [-0.2, -0.15) is 4.31 Å². The van der Waals surface area contributed by atoms with E-state index >= 15 is 0 Å². The van der Waals surface area contributed by atoms with Gasteiger partial charge in [-0.15, -0.1) is 0 Å². The van der Waals surface area contributed by atoms with Crippen molar-refractivity contribution in [2.75, 3.05) is 13.1 Å². The predicted octanol–water partition coefficient (Wildman–Crippen LogP) is 1.92. The third kappa shape index (κ3) is 3.87. The van der Waals surface area contributed by atoms with Gasteiger partial charge in [-0.1, -0.05) is 17.7 Å². The molecule has 1 aliphatic heterocycles. The van der Waals surface area contributed by atoms with Crippen LogP contribution in [0, 0.1) is 12.8 Å². The fourth-order valence-corrected chi connectivity index (χ4v) is 4.09. The number of nitrogens with zero attached hydrogens (tertiary/aromatic N) is 1. The van der Waals surface area contributed by atoms with Crippen molar-refractivity contribution in [3.8, 4) is 0 Å². The zero-order chi connectivity index (χ0) is 16.3. The van der Waals surface area contributed by atoms with Crippen molar-refractivity contribution < 1.29 is 13.2 Å². The maximum Gasteiger partial charge on any atom is 0.243 e. The normalized spacial score (nSPS) is 17.6. The highest BCUT2D eigenvalue weighted by Crippen LogP contribution is 2.24.